The minimum atomic E-state index is -2.35. The molecule has 1 N–H and O–H groups in total. The average Bonchev–Trinajstić information content (AvgIpc) is 2.91. The highest BCUT2D eigenvalue weighted by atomic mass is 19.1. The fourth-order valence-electron chi connectivity index (χ4n) is 2.35. The van der Waals surface area contributed by atoms with Gasteiger partial charge in [0.25, 0.3) is 5.91 Å². The fourth-order valence-corrected chi connectivity index (χ4v) is 2.35. The Bertz CT molecular complexity index is 586. The normalized spacial score (nSPS) is 21.6. The minimum Gasteiger partial charge on any atom is -0.480 e. The molecule has 0 aliphatic carbocycles. The number of likely N-dealkylation sites (tertiary alicyclic amines) is 1. The summed E-state index contributed by atoms with van der Waals surface area (Å²) < 4.78 is 21.0. The Kier molecular flexibility index (Phi) is 3.89. The van der Waals surface area contributed by atoms with Gasteiger partial charge < -0.3 is 14.7 Å². The summed E-state index contributed by atoms with van der Waals surface area (Å²) in [6.07, 6.45) is -0.195. The highest BCUT2D eigenvalue weighted by Crippen LogP contribution is 2.26. The third kappa shape index (κ3) is 2.84. The van der Waals surface area contributed by atoms with Gasteiger partial charge in [0.2, 0.25) is 5.67 Å². The van der Waals surface area contributed by atoms with E-state index in [-0.39, 0.29) is 19.6 Å². The Morgan fingerprint density at radius 1 is 1.48 bits per heavy atom. The van der Waals surface area contributed by atoms with Gasteiger partial charge in [0.1, 0.15) is 5.69 Å². The number of halogens is 1. The van der Waals surface area contributed by atoms with Crippen molar-refractivity contribution in [2.75, 3.05) is 19.7 Å². The number of alkyl halides is 1. The van der Waals surface area contributed by atoms with Crippen LogP contribution < -0.4 is 4.74 Å². The Hall–Kier alpha value is -2.12. The molecular weight excluding hydrogens is 281 g/mol. The number of rotatable bonds is 4. The van der Waals surface area contributed by atoms with Crippen molar-refractivity contribution in [3.05, 3.63) is 11.4 Å². The van der Waals surface area contributed by atoms with E-state index in [4.69, 9.17) is 9.84 Å². The van der Waals surface area contributed by atoms with Crippen LogP contribution >= 0.6 is 0 Å². The summed E-state index contributed by atoms with van der Waals surface area (Å²) in [6, 6.07) is 0. The van der Waals surface area contributed by atoms with Gasteiger partial charge in [-0.2, -0.15) is 5.10 Å². The van der Waals surface area contributed by atoms with Gasteiger partial charge in [-0.05, 0) is 13.8 Å². The zero-order valence-electron chi connectivity index (χ0n) is 12.2. The van der Waals surface area contributed by atoms with Crippen molar-refractivity contribution in [2.45, 2.75) is 25.9 Å². The number of carboxylic acids is 1. The third-order valence-electron chi connectivity index (χ3n) is 3.74. The van der Waals surface area contributed by atoms with Crippen molar-refractivity contribution in [3.63, 3.8) is 0 Å². The molecule has 21 heavy (non-hydrogen) atoms. The summed E-state index contributed by atoms with van der Waals surface area (Å²) in [5, 5.41) is 13.0. The number of amides is 1. The van der Waals surface area contributed by atoms with Crippen molar-refractivity contribution >= 4 is 11.9 Å². The molecule has 1 atom stereocenters. The number of aliphatic carboxylic acids is 1. The molecule has 0 radical (unpaired) electrons. The first-order valence-electron chi connectivity index (χ1n) is 6.57. The smallest absolute Gasteiger partial charge is 0.343 e. The first kappa shape index (κ1) is 15.3. The number of hydrogen-bond acceptors (Lipinski definition) is 4. The molecule has 2 heterocycles. The predicted molar refractivity (Wildman–Crippen MR) is 70.8 cm³/mol. The Labute approximate surface area is 121 Å². The molecule has 0 bridgehead atoms. The van der Waals surface area contributed by atoms with Crippen molar-refractivity contribution < 1.29 is 23.8 Å². The van der Waals surface area contributed by atoms with Crippen LogP contribution in [0.25, 0.3) is 0 Å². The number of carbonyl (C=O) groups excluding carboxylic acids is 1. The second-order valence-electron chi connectivity index (χ2n) is 5.25. The molecular formula is C13H18FN3O4. The van der Waals surface area contributed by atoms with Crippen molar-refractivity contribution in [3.8, 4) is 5.75 Å². The van der Waals surface area contributed by atoms with Gasteiger partial charge in [0, 0.05) is 20.0 Å². The van der Waals surface area contributed by atoms with Gasteiger partial charge in [-0.3, -0.25) is 9.48 Å². The number of nitrogens with zero attached hydrogens (tertiary/aromatic N) is 3. The van der Waals surface area contributed by atoms with Crippen LogP contribution in [0.3, 0.4) is 0 Å². The lowest BCUT2D eigenvalue weighted by Gasteiger charge is -2.18. The molecule has 1 saturated heterocycles. The van der Waals surface area contributed by atoms with Crippen LogP contribution in [0.1, 0.15) is 17.8 Å². The second kappa shape index (κ2) is 5.34. The molecule has 0 saturated carbocycles. The lowest BCUT2D eigenvalue weighted by atomic mass is 10.1. The van der Waals surface area contributed by atoms with E-state index >= 15 is 0 Å². The zero-order valence-corrected chi connectivity index (χ0v) is 12.2. The maximum Gasteiger partial charge on any atom is 0.343 e. The van der Waals surface area contributed by atoms with Gasteiger partial charge in [-0.15, -0.1) is 0 Å². The maximum absolute atomic E-state index is 13.9. The molecule has 1 fully saturated rings. The molecule has 8 heteroatoms. The van der Waals surface area contributed by atoms with Gasteiger partial charge in [0.15, 0.2) is 12.4 Å². The van der Waals surface area contributed by atoms with Gasteiger partial charge in [0.05, 0.1) is 12.2 Å². The van der Waals surface area contributed by atoms with E-state index in [1.165, 1.54) is 4.90 Å². The highest BCUT2D eigenvalue weighted by Gasteiger charge is 2.46. The van der Waals surface area contributed by atoms with E-state index in [0.29, 0.717) is 11.4 Å². The van der Waals surface area contributed by atoms with Crippen molar-refractivity contribution in [1.29, 1.82) is 0 Å². The van der Waals surface area contributed by atoms with Crippen LogP contribution in [0, 0.1) is 13.8 Å². The Balaban J connectivity index is 1.96. The summed E-state index contributed by atoms with van der Waals surface area (Å²) in [5.74, 6) is -1.44. The van der Waals surface area contributed by atoms with Gasteiger partial charge in [-0.1, -0.05) is 0 Å². The van der Waals surface area contributed by atoms with E-state index in [1.807, 2.05) is 6.92 Å². The lowest BCUT2D eigenvalue weighted by Crippen LogP contribution is -2.40. The molecule has 1 aliphatic rings. The standard InChI is InChI=1S/C13H18FN3O4/c1-8-11(9(2)16(3)15-8)21-6-10(18)17-5-4-13(14,7-17)12(19)20/h4-7H2,1-3H3,(H,19,20). The number of aromatic nitrogens is 2. The molecule has 1 amide bonds. The first-order valence-corrected chi connectivity index (χ1v) is 6.57. The SMILES string of the molecule is Cc1nn(C)c(C)c1OCC(=O)N1CCC(F)(C(=O)O)C1. The molecule has 2 rings (SSSR count). The quantitative estimate of drug-likeness (QED) is 0.872. The zero-order chi connectivity index (χ0) is 15.8. The average molecular weight is 299 g/mol. The fraction of sp³-hybridized carbons (Fsp3) is 0.615. The first-order chi connectivity index (χ1) is 9.74. The van der Waals surface area contributed by atoms with Crippen LogP contribution in [0.15, 0.2) is 0 Å². The van der Waals surface area contributed by atoms with E-state index in [9.17, 15) is 14.0 Å². The second-order valence-corrected chi connectivity index (χ2v) is 5.25. The lowest BCUT2D eigenvalue weighted by molar-refractivity contribution is -0.150. The Morgan fingerprint density at radius 2 is 2.14 bits per heavy atom. The van der Waals surface area contributed by atoms with Crippen molar-refractivity contribution in [2.24, 2.45) is 7.05 Å². The molecule has 7 nitrogen and oxygen atoms in total. The van der Waals surface area contributed by atoms with E-state index in [2.05, 4.69) is 5.10 Å². The monoisotopic (exact) mass is 299 g/mol. The molecule has 0 aromatic carbocycles. The predicted octanol–water partition coefficient (Wildman–Crippen LogP) is 0.441. The van der Waals surface area contributed by atoms with E-state index in [1.54, 1.807) is 18.7 Å². The number of carboxylic acid groups (broad SMARTS) is 1. The topological polar surface area (TPSA) is 84.7 Å². The minimum absolute atomic E-state index is 0.0794. The van der Waals surface area contributed by atoms with Crippen molar-refractivity contribution in [1.82, 2.24) is 14.7 Å². The summed E-state index contributed by atoms with van der Waals surface area (Å²) >= 11 is 0. The third-order valence-corrected chi connectivity index (χ3v) is 3.74. The van der Waals surface area contributed by atoms with E-state index in [0.717, 1.165) is 5.69 Å². The molecule has 1 aromatic heterocycles. The number of aryl methyl sites for hydroxylation is 2. The number of ether oxygens (including phenoxy) is 1. The summed E-state index contributed by atoms with van der Waals surface area (Å²) in [5.41, 5.74) is -0.905. The van der Waals surface area contributed by atoms with Crippen LogP contribution in [0.2, 0.25) is 0 Å². The van der Waals surface area contributed by atoms with E-state index < -0.39 is 24.1 Å². The highest BCUT2D eigenvalue weighted by molar-refractivity contribution is 5.83. The van der Waals surface area contributed by atoms with Crippen LogP contribution in [0.4, 0.5) is 4.39 Å². The van der Waals surface area contributed by atoms with Gasteiger partial charge in [-0.25, -0.2) is 9.18 Å². The van der Waals surface area contributed by atoms with Gasteiger partial charge >= 0.3 is 5.97 Å². The molecule has 116 valence electrons. The maximum atomic E-state index is 13.9. The van der Waals surface area contributed by atoms with Crippen LogP contribution in [0.5, 0.6) is 5.75 Å². The molecule has 1 aromatic rings. The molecule has 1 unspecified atom stereocenters. The molecule has 1 aliphatic heterocycles. The summed E-state index contributed by atoms with van der Waals surface area (Å²) in [4.78, 5) is 24.0. The largest absolute Gasteiger partial charge is 0.480 e. The summed E-state index contributed by atoms with van der Waals surface area (Å²) in [7, 11) is 1.77. The number of hydrogen-bond donors (Lipinski definition) is 1. The van der Waals surface area contributed by atoms with Crippen LogP contribution in [-0.4, -0.2) is 57.0 Å². The van der Waals surface area contributed by atoms with Crippen LogP contribution in [-0.2, 0) is 16.6 Å². The molecule has 0 spiro atoms. The summed E-state index contributed by atoms with van der Waals surface area (Å²) in [6.45, 7) is 2.96. The number of carbonyl (C=O) groups is 2. The Morgan fingerprint density at radius 3 is 2.62 bits per heavy atom.